The molecule has 1 unspecified atom stereocenters. The minimum absolute atomic E-state index is 0.0321. The monoisotopic (exact) mass is 351 g/mol. The summed E-state index contributed by atoms with van der Waals surface area (Å²) in [5.74, 6) is -0.456. The summed E-state index contributed by atoms with van der Waals surface area (Å²) in [6, 6.07) is 3.52. The van der Waals surface area contributed by atoms with E-state index in [-0.39, 0.29) is 11.5 Å². The lowest BCUT2D eigenvalue weighted by molar-refractivity contribution is -0.137. The van der Waals surface area contributed by atoms with Crippen molar-refractivity contribution < 1.29 is 22.8 Å². The molecule has 1 aliphatic carbocycles. The number of amides is 1. The quantitative estimate of drug-likeness (QED) is 0.919. The predicted octanol–water partition coefficient (Wildman–Crippen LogP) is 3.62. The SMILES string of the molecule is CC(C(=O)Nc1ccc(C(F)(F)F)cc1)n1cc2c(n1)C(=O)CCC2. The Bertz CT molecular complexity index is 810. The topological polar surface area (TPSA) is 64.0 Å². The number of anilines is 1. The van der Waals surface area contributed by atoms with Gasteiger partial charge in [-0.1, -0.05) is 0 Å². The molecule has 132 valence electrons. The van der Waals surface area contributed by atoms with Crippen LogP contribution >= 0.6 is 0 Å². The summed E-state index contributed by atoms with van der Waals surface area (Å²) < 4.78 is 39.1. The summed E-state index contributed by atoms with van der Waals surface area (Å²) >= 11 is 0. The van der Waals surface area contributed by atoms with E-state index >= 15 is 0 Å². The van der Waals surface area contributed by atoms with E-state index in [2.05, 4.69) is 10.4 Å². The second-order valence-corrected chi connectivity index (χ2v) is 6.00. The van der Waals surface area contributed by atoms with Gasteiger partial charge in [-0.25, -0.2) is 0 Å². The molecular formula is C17H16F3N3O2. The molecule has 1 aliphatic rings. The number of rotatable bonds is 3. The van der Waals surface area contributed by atoms with Gasteiger partial charge in [0.05, 0.1) is 5.56 Å². The number of carbonyl (C=O) groups is 2. The van der Waals surface area contributed by atoms with Crippen LogP contribution in [0.25, 0.3) is 0 Å². The average molecular weight is 351 g/mol. The molecule has 1 amide bonds. The van der Waals surface area contributed by atoms with Crippen molar-refractivity contribution in [2.24, 2.45) is 0 Å². The summed E-state index contributed by atoms with van der Waals surface area (Å²) in [5, 5.41) is 6.76. The number of fused-ring (bicyclic) bond motifs is 1. The molecule has 2 aromatic rings. The lowest BCUT2D eigenvalue weighted by Gasteiger charge is -2.13. The second kappa shape index (κ2) is 6.34. The molecule has 0 fully saturated rings. The number of halogens is 3. The van der Waals surface area contributed by atoms with Crippen LogP contribution < -0.4 is 5.32 Å². The first-order chi connectivity index (χ1) is 11.8. The van der Waals surface area contributed by atoms with Crippen molar-refractivity contribution in [1.29, 1.82) is 0 Å². The highest BCUT2D eigenvalue weighted by molar-refractivity contribution is 5.97. The largest absolute Gasteiger partial charge is 0.416 e. The summed E-state index contributed by atoms with van der Waals surface area (Å²) in [5.41, 5.74) is 0.709. The van der Waals surface area contributed by atoms with Crippen LogP contribution in [0.5, 0.6) is 0 Å². The Hall–Kier alpha value is -2.64. The lowest BCUT2D eigenvalue weighted by atomic mass is 9.97. The molecule has 3 rings (SSSR count). The van der Waals surface area contributed by atoms with Crippen LogP contribution in [0, 0.1) is 0 Å². The van der Waals surface area contributed by atoms with Crippen LogP contribution in [-0.4, -0.2) is 21.5 Å². The summed E-state index contributed by atoms with van der Waals surface area (Å²) in [6.07, 6.45) is -0.770. The summed E-state index contributed by atoms with van der Waals surface area (Å²) in [7, 11) is 0. The average Bonchev–Trinajstić information content (AvgIpc) is 2.99. The Labute approximate surface area is 141 Å². The molecule has 1 aromatic carbocycles. The number of aromatic nitrogens is 2. The van der Waals surface area contributed by atoms with E-state index < -0.39 is 23.7 Å². The van der Waals surface area contributed by atoms with E-state index in [9.17, 15) is 22.8 Å². The van der Waals surface area contributed by atoms with Gasteiger partial charge in [0.15, 0.2) is 5.78 Å². The first kappa shape index (κ1) is 17.2. The Morgan fingerprint density at radius 1 is 1.24 bits per heavy atom. The maximum absolute atomic E-state index is 12.5. The highest BCUT2D eigenvalue weighted by atomic mass is 19.4. The molecule has 0 aliphatic heterocycles. The molecule has 1 heterocycles. The number of nitrogens with one attached hydrogen (secondary N) is 1. The molecule has 5 nitrogen and oxygen atoms in total. The molecule has 1 atom stereocenters. The molecule has 25 heavy (non-hydrogen) atoms. The van der Waals surface area contributed by atoms with Crippen molar-refractivity contribution in [3.63, 3.8) is 0 Å². The van der Waals surface area contributed by atoms with Gasteiger partial charge >= 0.3 is 6.18 Å². The van der Waals surface area contributed by atoms with Crippen LogP contribution in [0.2, 0.25) is 0 Å². The van der Waals surface area contributed by atoms with Gasteiger partial charge in [0.25, 0.3) is 0 Å². The zero-order valence-corrected chi connectivity index (χ0v) is 13.4. The third kappa shape index (κ3) is 3.57. The van der Waals surface area contributed by atoms with E-state index in [0.717, 1.165) is 30.5 Å². The first-order valence-electron chi connectivity index (χ1n) is 7.85. The highest BCUT2D eigenvalue weighted by Gasteiger charge is 2.30. The predicted molar refractivity (Wildman–Crippen MR) is 84.3 cm³/mol. The number of Topliss-reactive ketones (excluding diaryl/α,β-unsaturated/α-hetero) is 1. The third-order valence-corrected chi connectivity index (χ3v) is 4.18. The van der Waals surface area contributed by atoms with Crippen molar-refractivity contribution in [2.45, 2.75) is 38.4 Å². The van der Waals surface area contributed by atoms with Gasteiger partial charge in [0, 0.05) is 23.9 Å². The van der Waals surface area contributed by atoms with Gasteiger partial charge < -0.3 is 5.32 Å². The van der Waals surface area contributed by atoms with Gasteiger partial charge in [-0.3, -0.25) is 14.3 Å². The van der Waals surface area contributed by atoms with Crippen LogP contribution in [0.4, 0.5) is 18.9 Å². The summed E-state index contributed by atoms with van der Waals surface area (Å²) in [6.45, 7) is 1.61. The van der Waals surface area contributed by atoms with E-state index in [1.165, 1.54) is 16.8 Å². The van der Waals surface area contributed by atoms with E-state index in [4.69, 9.17) is 0 Å². The zero-order valence-electron chi connectivity index (χ0n) is 13.4. The van der Waals surface area contributed by atoms with Crippen LogP contribution in [-0.2, 0) is 17.4 Å². The Morgan fingerprint density at radius 2 is 1.92 bits per heavy atom. The van der Waals surface area contributed by atoms with E-state index in [1.54, 1.807) is 13.1 Å². The molecular weight excluding hydrogens is 335 g/mol. The minimum Gasteiger partial charge on any atom is -0.324 e. The Morgan fingerprint density at radius 3 is 2.52 bits per heavy atom. The van der Waals surface area contributed by atoms with E-state index in [1.807, 2.05) is 0 Å². The number of ketones is 1. The van der Waals surface area contributed by atoms with E-state index in [0.29, 0.717) is 12.1 Å². The number of alkyl halides is 3. The number of benzene rings is 1. The molecule has 1 N–H and O–H groups in total. The maximum atomic E-state index is 12.5. The Balaban J connectivity index is 1.72. The minimum atomic E-state index is -4.42. The van der Waals surface area contributed by atoms with Crippen molar-refractivity contribution in [3.05, 3.63) is 47.3 Å². The highest BCUT2D eigenvalue weighted by Crippen LogP contribution is 2.30. The van der Waals surface area contributed by atoms with Gasteiger partial charge in [0.1, 0.15) is 11.7 Å². The maximum Gasteiger partial charge on any atom is 0.416 e. The van der Waals surface area contributed by atoms with Crippen LogP contribution in [0.1, 0.15) is 47.4 Å². The Kier molecular flexibility index (Phi) is 4.36. The zero-order chi connectivity index (χ0) is 18.2. The molecule has 8 heteroatoms. The van der Waals surface area contributed by atoms with Gasteiger partial charge in [-0.2, -0.15) is 18.3 Å². The van der Waals surface area contributed by atoms with Crippen molar-refractivity contribution in [3.8, 4) is 0 Å². The molecule has 0 radical (unpaired) electrons. The number of carbonyl (C=O) groups excluding carboxylic acids is 2. The molecule has 1 aromatic heterocycles. The number of nitrogens with zero attached hydrogens (tertiary/aromatic N) is 2. The molecule has 0 saturated carbocycles. The fraction of sp³-hybridized carbons (Fsp3) is 0.353. The number of aryl methyl sites for hydroxylation is 1. The van der Waals surface area contributed by atoms with Gasteiger partial charge in [-0.05, 0) is 44.0 Å². The van der Waals surface area contributed by atoms with Crippen molar-refractivity contribution in [1.82, 2.24) is 9.78 Å². The number of hydrogen-bond donors (Lipinski definition) is 1. The van der Waals surface area contributed by atoms with Crippen molar-refractivity contribution >= 4 is 17.4 Å². The lowest BCUT2D eigenvalue weighted by Crippen LogP contribution is -2.24. The fourth-order valence-corrected chi connectivity index (χ4v) is 2.71. The normalized spacial score (nSPS) is 15.6. The molecule has 0 spiro atoms. The van der Waals surface area contributed by atoms with Crippen molar-refractivity contribution in [2.75, 3.05) is 5.32 Å². The second-order valence-electron chi connectivity index (χ2n) is 6.00. The third-order valence-electron chi connectivity index (χ3n) is 4.18. The standard InChI is InChI=1S/C17H16F3N3O2/c1-10(23-9-11-3-2-4-14(24)15(11)22-23)16(25)21-13-7-5-12(6-8-13)17(18,19)20/h5-10H,2-4H2,1H3,(H,21,25). The van der Waals surface area contributed by atoms with Gasteiger partial charge in [0.2, 0.25) is 5.91 Å². The molecule has 0 saturated heterocycles. The first-order valence-corrected chi connectivity index (χ1v) is 7.85. The van der Waals surface area contributed by atoms with Crippen LogP contribution in [0.15, 0.2) is 30.5 Å². The van der Waals surface area contributed by atoms with Crippen LogP contribution in [0.3, 0.4) is 0 Å². The fourth-order valence-electron chi connectivity index (χ4n) is 2.71. The number of hydrogen-bond acceptors (Lipinski definition) is 3. The summed E-state index contributed by atoms with van der Waals surface area (Å²) in [4.78, 5) is 24.1. The smallest absolute Gasteiger partial charge is 0.324 e. The molecule has 0 bridgehead atoms. The van der Waals surface area contributed by atoms with Gasteiger partial charge in [-0.15, -0.1) is 0 Å².